The molecule has 1 fully saturated rings. The Balaban J connectivity index is 2.21. The summed E-state index contributed by atoms with van der Waals surface area (Å²) in [5, 5.41) is 0. The van der Waals surface area contributed by atoms with E-state index < -0.39 is 0 Å². The van der Waals surface area contributed by atoms with Crippen molar-refractivity contribution in [2.75, 3.05) is 6.54 Å². The predicted molar refractivity (Wildman–Crippen MR) is 81.7 cm³/mol. The van der Waals surface area contributed by atoms with Gasteiger partial charge in [0.1, 0.15) is 11.3 Å². The van der Waals surface area contributed by atoms with Gasteiger partial charge in [-0.2, -0.15) is 0 Å². The molecule has 0 aromatic carbocycles. The standard InChI is InChI=1S/C16H24N4/c1-12(2)20-14-6-9-18-10-13(14)19-15(20)16(11-17)7-4-3-5-8-16/h6,9-10,12H,3-5,7-8,11,17H2,1-2H3. The van der Waals surface area contributed by atoms with Crippen molar-refractivity contribution in [2.24, 2.45) is 5.73 Å². The maximum atomic E-state index is 6.19. The SMILES string of the molecule is CC(C)n1c(C2(CN)CCCCC2)nc2cnccc21. The quantitative estimate of drug-likeness (QED) is 0.933. The predicted octanol–water partition coefficient (Wildman–Crippen LogP) is 3.17. The number of nitrogens with two attached hydrogens (primary N) is 1. The summed E-state index contributed by atoms with van der Waals surface area (Å²) in [5.74, 6) is 1.18. The van der Waals surface area contributed by atoms with Gasteiger partial charge in [0.25, 0.3) is 0 Å². The number of imidazole rings is 1. The minimum absolute atomic E-state index is 0.0571. The molecule has 0 amide bonds. The Hall–Kier alpha value is -1.42. The molecule has 0 spiro atoms. The molecule has 2 aromatic rings. The second-order valence-corrected chi connectivity index (χ2v) is 6.31. The molecule has 0 aliphatic heterocycles. The number of nitrogens with zero attached hydrogens (tertiary/aromatic N) is 3. The number of pyridine rings is 1. The number of fused-ring (bicyclic) bond motifs is 1. The normalized spacial score (nSPS) is 18.8. The summed E-state index contributed by atoms with van der Waals surface area (Å²) in [6, 6.07) is 2.46. The smallest absolute Gasteiger partial charge is 0.117 e. The molecule has 0 bridgehead atoms. The molecule has 1 aliphatic carbocycles. The molecule has 2 aromatic heterocycles. The lowest BCUT2D eigenvalue weighted by atomic mass is 9.73. The highest BCUT2D eigenvalue weighted by molar-refractivity contribution is 5.75. The van der Waals surface area contributed by atoms with Crippen molar-refractivity contribution in [1.29, 1.82) is 0 Å². The first kappa shape index (κ1) is 13.6. The van der Waals surface area contributed by atoms with Crippen LogP contribution >= 0.6 is 0 Å². The van der Waals surface area contributed by atoms with Gasteiger partial charge >= 0.3 is 0 Å². The monoisotopic (exact) mass is 272 g/mol. The first-order chi connectivity index (χ1) is 9.68. The summed E-state index contributed by atoms with van der Waals surface area (Å²) < 4.78 is 2.37. The first-order valence-corrected chi connectivity index (χ1v) is 7.70. The molecular formula is C16H24N4. The van der Waals surface area contributed by atoms with Crippen LogP contribution in [-0.4, -0.2) is 21.1 Å². The maximum Gasteiger partial charge on any atom is 0.117 e. The lowest BCUT2D eigenvalue weighted by Gasteiger charge is -2.36. The molecule has 20 heavy (non-hydrogen) atoms. The summed E-state index contributed by atoms with van der Waals surface area (Å²) in [7, 11) is 0. The molecular weight excluding hydrogens is 248 g/mol. The largest absolute Gasteiger partial charge is 0.329 e. The summed E-state index contributed by atoms with van der Waals surface area (Å²) in [6.45, 7) is 5.13. The number of hydrogen-bond acceptors (Lipinski definition) is 3. The van der Waals surface area contributed by atoms with Gasteiger partial charge in [-0.1, -0.05) is 19.3 Å². The van der Waals surface area contributed by atoms with E-state index >= 15 is 0 Å². The number of hydrogen-bond donors (Lipinski definition) is 1. The first-order valence-electron chi connectivity index (χ1n) is 7.70. The Kier molecular flexibility index (Phi) is 3.50. The van der Waals surface area contributed by atoms with E-state index in [2.05, 4.69) is 29.5 Å². The van der Waals surface area contributed by atoms with Crippen molar-refractivity contribution in [3.63, 3.8) is 0 Å². The van der Waals surface area contributed by atoms with Gasteiger partial charge < -0.3 is 10.3 Å². The maximum absolute atomic E-state index is 6.19. The minimum Gasteiger partial charge on any atom is -0.329 e. The van der Waals surface area contributed by atoms with Crippen LogP contribution in [0.4, 0.5) is 0 Å². The van der Waals surface area contributed by atoms with Crippen molar-refractivity contribution in [1.82, 2.24) is 14.5 Å². The molecule has 0 unspecified atom stereocenters. The number of rotatable bonds is 3. The Morgan fingerprint density at radius 3 is 2.70 bits per heavy atom. The van der Waals surface area contributed by atoms with Crippen LogP contribution in [-0.2, 0) is 5.41 Å². The van der Waals surface area contributed by atoms with Crippen LogP contribution < -0.4 is 5.73 Å². The van der Waals surface area contributed by atoms with E-state index in [4.69, 9.17) is 10.7 Å². The molecule has 4 nitrogen and oxygen atoms in total. The molecule has 1 aliphatic rings. The van der Waals surface area contributed by atoms with E-state index in [0.717, 1.165) is 18.4 Å². The van der Waals surface area contributed by atoms with Gasteiger partial charge in [0.2, 0.25) is 0 Å². The molecule has 2 heterocycles. The van der Waals surface area contributed by atoms with E-state index in [0.29, 0.717) is 12.6 Å². The second-order valence-electron chi connectivity index (χ2n) is 6.31. The van der Waals surface area contributed by atoms with Gasteiger partial charge in [-0.05, 0) is 32.8 Å². The molecule has 4 heteroatoms. The third-order valence-corrected chi connectivity index (χ3v) is 4.68. The number of aromatic nitrogens is 3. The Bertz CT molecular complexity index is 594. The average Bonchev–Trinajstić information content (AvgIpc) is 2.88. The van der Waals surface area contributed by atoms with Crippen molar-refractivity contribution < 1.29 is 0 Å². The zero-order valence-electron chi connectivity index (χ0n) is 12.5. The van der Waals surface area contributed by atoms with Crippen LogP contribution in [0.1, 0.15) is 57.8 Å². The Labute approximate surface area is 120 Å². The van der Waals surface area contributed by atoms with Crippen LogP contribution in [0.3, 0.4) is 0 Å². The van der Waals surface area contributed by atoms with Gasteiger partial charge in [0, 0.05) is 24.2 Å². The Morgan fingerprint density at radius 2 is 2.05 bits per heavy atom. The van der Waals surface area contributed by atoms with E-state index in [1.54, 1.807) is 0 Å². The third kappa shape index (κ3) is 2.03. The molecule has 3 rings (SSSR count). The molecule has 108 valence electrons. The van der Waals surface area contributed by atoms with Crippen LogP contribution in [0, 0.1) is 0 Å². The molecule has 0 atom stereocenters. The van der Waals surface area contributed by atoms with Gasteiger partial charge in [0.05, 0.1) is 11.7 Å². The van der Waals surface area contributed by atoms with Crippen LogP contribution in [0.2, 0.25) is 0 Å². The highest BCUT2D eigenvalue weighted by Crippen LogP contribution is 2.40. The van der Waals surface area contributed by atoms with E-state index in [-0.39, 0.29) is 5.41 Å². The van der Waals surface area contributed by atoms with Crippen LogP contribution in [0.25, 0.3) is 11.0 Å². The summed E-state index contributed by atoms with van der Waals surface area (Å²) >= 11 is 0. The molecule has 0 saturated heterocycles. The van der Waals surface area contributed by atoms with Crippen LogP contribution in [0.5, 0.6) is 0 Å². The van der Waals surface area contributed by atoms with Gasteiger partial charge in [-0.3, -0.25) is 4.98 Å². The lowest BCUT2D eigenvalue weighted by molar-refractivity contribution is 0.274. The third-order valence-electron chi connectivity index (χ3n) is 4.68. The highest BCUT2D eigenvalue weighted by atomic mass is 15.1. The summed E-state index contributed by atoms with van der Waals surface area (Å²) in [4.78, 5) is 9.13. The molecule has 1 saturated carbocycles. The lowest BCUT2D eigenvalue weighted by Crippen LogP contribution is -2.40. The Morgan fingerprint density at radius 1 is 1.30 bits per heavy atom. The average molecular weight is 272 g/mol. The fourth-order valence-electron chi connectivity index (χ4n) is 3.60. The fourth-order valence-corrected chi connectivity index (χ4v) is 3.60. The summed E-state index contributed by atoms with van der Waals surface area (Å²) in [6.07, 6.45) is 9.88. The zero-order valence-corrected chi connectivity index (χ0v) is 12.5. The van der Waals surface area contributed by atoms with Gasteiger partial charge in [-0.15, -0.1) is 0 Å². The molecule has 2 N–H and O–H groups in total. The van der Waals surface area contributed by atoms with Crippen molar-refractivity contribution in [3.05, 3.63) is 24.3 Å². The fraction of sp³-hybridized carbons (Fsp3) is 0.625. The van der Waals surface area contributed by atoms with Gasteiger partial charge in [0.15, 0.2) is 0 Å². The van der Waals surface area contributed by atoms with Crippen molar-refractivity contribution >= 4 is 11.0 Å². The second kappa shape index (κ2) is 5.17. The van der Waals surface area contributed by atoms with E-state index in [1.165, 1.54) is 30.6 Å². The highest BCUT2D eigenvalue weighted by Gasteiger charge is 2.37. The van der Waals surface area contributed by atoms with E-state index in [1.807, 2.05) is 12.4 Å². The van der Waals surface area contributed by atoms with Crippen LogP contribution in [0.15, 0.2) is 18.5 Å². The van der Waals surface area contributed by atoms with Crippen molar-refractivity contribution in [3.8, 4) is 0 Å². The molecule has 0 radical (unpaired) electrons. The van der Waals surface area contributed by atoms with Crippen molar-refractivity contribution in [2.45, 2.75) is 57.4 Å². The van der Waals surface area contributed by atoms with Gasteiger partial charge in [-0.25, -0.2) is 4.98 Å². The topological polar surface area (TPSA) is 56.7 Å². The zero-order chi connectivity index (χ0) is 14.2. The summed E-state index contributed by atoms with van der Waals surface area (Å²) in [5.41, 5.74) is 8.43. The van der Waals surface area contributed by atoms with E-state index in [9.17, 15) is 0 Å². The minimum atomic E-state index is 0.0571.